The molecule has 1 amide bonds. The fourth-order valence-corrected chi connectivity index (χ4v) is 4.46. The maximum atomic E-state index is 12.8. The van der Waals surface area contributed by atoms with E-state index in [1.165, 1.54) is 10.4 Å². The summed E-state index contributed by atoms with van der Waals surface area (Å²) in [5, 5.41) is 3.29. The van der Waals surface area contributed by atoms with Crippen molar-refractivity contribution in [3.63, 3.8) is 0 Å². The summed E-state index contributed by atoms with van der Waals surface area (Å²) in [6.45, 7) is 6.25. The zero-order valence-corrected chi connectivity index (χ0v) is 15.2. The van der Waals surface area contributed by atoms with Crippen molar-refractivity contribution in [3.8, 4) is 0 Å². The summed E-state index contributed by atoms with van der Waals surface area (Å²) in [6.07, 6.45) is 1.38. The smallest absolute Gasteiger partial charge is 0.243 e. The molecule has 1 N–H and O–H groups in total. The fraction of sp³-hybridized carbons (Fsp3) is 0.562. The van der Waals surface area contributed by atoms with Crippen LogP contribution in [0.5, 0.6) is 0 Å². The second-order valence-electron chi connectivity index (χ2n) is 6.28. The predicted molar refractivity (Wildman–Crippen MR) is 91.0 cm³/mol. The monoisotopic (exact) mass is 358 g/mol. The van der Waals surface area contributed by atoms with Gasteiger partial charge in [0, 0.05) is 24.2 Å². The second kappa shape index (κ2) is 7.20. The first-order chi connectivity index (χ1) is 10.7. The summed E-state index contributed by atoms with van der Waals surface area (Å²) in [7, 11) is -3.63. The van der Waals surface area contributed by atoms with Gasteiger partial charge in [-0.1, -0.05) is 17.7 Å². The number of aryl methyl sites for hydroxylation is 1. The Bertz CT molecular complexity index is 689. The number of carbonyl (C=O) groups excluding carboxylic acids is 1. The van der Waals surface area contributed by atoms with E-state index in [-0.39, 0.29) is 29.3 Å². The standard InChI is InChI=1S/C16H23ClN2O3S/c1-11(2)18-16(20)13-5-4-8-19(10-13)23(21,22)14-7-6-12(3)15(17)9-14/h6-7,9,11,13H,4-5,8,10H2,1-3H3,(H,18,20). The van der Waals surface area contributed by atoms with E-state index in [0.717, 1.165) is 5.56 Å². The van der Waals surface area contributed by atoms with Crippen LogP contribution in [0.15, 0.2) is 23.1 Å². The van der Waals surface area contributed by atoms with Gasteiger partial charge in [-0.25, -0.2) is 8.42 Å². The first kappa shape index (κ1) is 18.2. The number of nitrogens with zero attached hydrogens (tertiary/aromatic N) is 1. The number of amides is 1. The van der Waals surface area contributed by atoms with Crippen molar-refractivity contribution in [1.29, 1.82) is 0 Å². The third-order valence-electron chi connectivity index (χ3n) is 3.97. The minimum atomic E-state index is -3.63. The van der Waals surface area contributed by atoms with Crippen LogP contribution in [0.3, 0.4) is 0 Å². The van der Waals surface area contributed by atoms with E-state index in [1.807, 2.05) is 20.8 Å². The number of halogens is 1. The quantitative estimate of drug-likeness (QED) is 0.899. The number of sulfonamides is 1. The average Bonchev–Trinajstić information content (AvgIpc) is 2.49. The van der Waals surface area contributed by atoms with Crippen molar-refractivity contribution in [2.24, 2.45) is 5.92 Å². The number of piperidine rings is 1. The van der Waals surface area contributed by atoms with Gasteiger partial charge in [0.15, 0.2) is 0 Å². The van der Waals surface area contributed by atoms with E-state index in [0.29, 0.717) is 24.4 Å². The number of benzene rings is 1. The molecule has 2 rings (SSSR count). The molecule has 23 heavy (non-hydrogen) atoms. The fourth-order valence-electron chi connectivity index (χ4n) is 2.66. The highest BCUT2D eigenvalue weighted by atomic mass is 35.5. The summed E-state index contributed by atoms with van der Waals surface area (Å²) in [5.74, 6) is -0.385. The summed E-state index contributed by atoms with van der Waals surface area (Å²) >= 11 is 6.05. The lowest BCUT2D eigenvalue weighted by atomic mass is 9.98. The number of rotatable bonds is 4. The van der Waals surface area contributed by atoms with Crippen LogP contribution in [0, 0.1) is 12.8 Å². The zero-order valence-electron chi connectivity index (χ0n) is 13.7. The van der Waals surface area contributed by atoms with E-state index in [4.69, 9.17) is 11.6 Å². The highest BCUT2D eigenvalue weighted by molar-refractivity contribution is 7.89. The molecule has 1 aromatic carbocycles. The van der Waals surface area contributed by atoms with E-state index < -0.39 is 10.0 Å². The molecule has 1 aliphatic rings. The van der Waals surface area contributed by atoms with Crippen LogP contribution in [-0.2, 0) is 14.8 Å². The average molecular weight is 359 g/mol. The molecular formula is C16H23ClN2O3S. The maximum Gasteiger partial charge on any atom is 0.243 e. The van der Waals surface area contributed by atoms with E-state index >= 15 is 0 Å². The van der Waals surface area contributed by atoms with Crippen molar-refractivity contribution in [3.05, 3.63) is 28.8 Å². The molecule has 0 spiro atoms. The third kappa shape index (κ3) is 4.25. The molecule has 7 heteroatoms. The minimum absolute atomic E-state index is 0.0467. The Labute approximate surface area is 143 Å². The molecule has 0 aromatic heterocycles. The van der Waals surface area contributed by atoms with Crippen LogP contribution in [0.4, 0.5) is 0 Å². The van der Waals surface area contributed by atoms with Gasteiger partial charge < -0.3 is 5.32 Å². The Morgan fingerprint density at radius 2 is 2.09 bits per heavy atom. The van der Waals surface area contributed by atoms with Gasteiger partial charge in [-0.3, -0.25) is 4.79 Å². The highest BCUT2D eigenvalue weighted by Crippen LogP contribution is 2.26. The van der Waals surface area contributed by atoms with Crippen LogP contribution >= 0.6 is 11.6 Å². The molecule has 0 bridgehead atoms. The van der Waals surface area contributed by atoms with Crippen LogP contribution in [-0.4, -0.2) is 37.8 Å². The van der Waals surface area contributed by atoms with Gasteiger partial charge in [0.2, 0.25) is 15.9 Å². The molecule has 1 saturated heterocycles. The maximum absolute atomic E-state index is 12.8. The van der Waals surface area contributed by atoms with Crippen LogP contribution in [0.25, 0.3) is 0 Å². The molecule has 1 aromatic rings. The third-order valence-corrected chi connectivity index (χ3v) is 6.24. The number of nitrogens with one attached hydrogen (secondary N) is 1. The Balaban J connectivity index is 2.19. The van der Waals surface area contributed by atoms with Crippen molar-refractivity contribution < 1.29 is 13.2 Å². The summed E-state index contributed by atoms with van der Waals surface area (Å²) < 4.78 is 26.9. The van der Waals surface area contributed by atoms with Gasteiger partial charge in [0.1, 0.15) is 0 Å². The zero-order chi connectivity index (χ0) is 17.2. The summed E-state index contributed by atoms with van der Waals surface area (Å²) in [6, 6.07) is 4.78. The summed E-state index contributed by atoms with van der Waals surface area (Å²) in [4.78, 5) is 12.3. The molecular weight excluding hydrogens is 336 g/mol. The van der Waals surface area contributed by atoms with Crippen molar-refractivity contribution in [2.45, 2.75) is 44.6 Å². The van der Waals surface area contributed by atoms with Crippen molar-refractivity contribution in [1.82, 2.24) is 9.62 Å². The Morgan fingerprint density at radius 3 is 2.70 bits per heavy atom. The van der Waals surface area contributed by atoms with E-state index in [9.17, 15) is 13.2 Å². The van der Waals surface area contributed by atoms with E-state index in [1.54, 1.807) is 12.1 Å². The summed E-state index contributed by atoms with van der Waals surface area (Å²) in [5.41, 5.74) is 0.832. The van der Waals surface area contributed by atoms with Gasteiger partial charge >= 0.3 is 0 Å². The first-order valence-electron chi connectivity index (χ1n) is 7.78. The lowest BCUT2D eigenvalue weighted by Crippen LogP contribution is -2.46. The normalized spacial score (nSPS) is 19.8. The highest BCUT2D eigenvalue weighted by Gasteiger charge is 2.33. The molecule has 0 aliphatic carbocycles. The molecule has 0 saturated carbocycles. The molecule has 5 nitrogen and oxygen atoms in total. The molecule has 1 atom stereocenters. The van der Waals surface area contributed by atoms with Gasteiger partial charge in [0.05, 0.1) is 10.8 Å². The predicted octanol–water partition coefficient (Wildman–Crippen LogP) is 2.57. The Hall–Kier alpha value is -1.11. The minimum Gasteiger partial charge on any atom is -0.354 e. The van der Waals surface area contributed by atoms with Crippen LogP contribution in [0.1, 0.15) is 32.3 Å². The Morgan fingerprint density at radius 1 is 1.39 bits per heavy atom. The topological polar surface area (TPSA) is 66.5 Å². The van der Waals surface area contributed by atoms with E-state index in [2.05, 4.69) is 5.32 Å². The van der Waals surface area contributed by atoms with Crippen LogP contribution in [0.2, 0.25) is 5.02 Å². The Kier molecular flexibility index (Phi) is 5.70. The lowest BCUT2D eigenvalue weighted by molar-refractivity contribution is -0.126. The second-order valence-corrected chi connectivity index (χ2v) is 8.62. The molecule has 1 fully saturated rings. The first-order valence-corrected chi connectivity index (χ1v) is 9.60. The van der Waals surface area contributed by atoms with Crippen molar-refractivity contribution in [2.75, 3.05) is 13.1 Å². The SMILES string of the molecule is Cc1ccc(S(=O)(=O)N2CCCC(C(=O)NC(C)C)C2)cc1Cl. The molecule has 0 radical (unpaired) electrons. The number of hydrogen-bond donors (Lipinski definition) is 1. The van der Waals surface area contributed by atoms with Crippen molar-refractivity contribution >= 4 is 27.5 Å². The van der Waals surface area contributed by atoms with Crippen LogP contribution < -0.4 is 5.32 Å². The van der Waals surface area contributed by atoms with Gasteiger partial charge in [-0.2, -0.15) is 4.31 Å². The van der Waals surface area contributed by atoms with Gasteiger partial charge in [0.25, 0.3) is 0 Å². The molecule has 1 aliphatic heterocycles. The largest absolute Gasteiger partial charge is 0.354 e. The lowest BCUT2D eigenvalue weighted by Gasteiger charge is -2.31. The molecule has 1 heterocycles. The number of carbonyl (C=O) groups is 1. The molecule has 128 valence electrons. The number of hydrogen-bond acceptors (Lipinski definition) is 3. The molecule has 1 unspecified atom stereocenters. The van der Waals surface area contributed by atoms with Gasteiger partial charge in [-0.05, 0) is 51.3 Å². The van der Waals surface area contributed by atoms with Gasteiger partial charge in [-0.15, -0.1) is 0 Å².